The Morgan fingerprint density at radius 2 is 1.31 bits per heavy atom. The van der Waals surface area contributed by atoms with Crippen LogP contribution < -0.4 is 4.90 Å². The fourth-order valence-corrected chi connectivity index (χ4v) is 9.69. The number of benzene rings is 5. The van der Waals surface area contributed by atoms with Gasteiger partial charge in [-0.05, 0) is 82.4 Å². The Bertz CT molecular complexity index is 2400. The Labute approximate surface area is 301 Å². The second-order valence-corrected chi connectivity index (χ2v) is 16.4. The summed E-state index contributed by atoms with van der Waals surface area (Å²) in [6.07, 6.45) is 8.40. The first-order valence-electron chi connectivity index (χ1n) is 18.6. The zero-order valence-electron chi connectivity index (χ0n) is 29.9. The minimum absolute atomic E-state index is 0.200. The molecule has 0 radical (unpaired) electrons. The molecule has 5 aliphatic rings. The van der Waals surface area contributed by atoms with Crippen LogP contribution in [0.5, 0.6) is 0 Å². The van der Waals surface area contributed by atoms with Crippen LogP contribution in [-0.4, -0.2) is 11.5 Å². The van der Waals surface area contributed by atoms with Gasteiger partial charge in [0.05, 0.1) is 17.1 Å². The van der Waals surface area contributed by atoms with Gasteiger partial charge in [0.1, 0.15) is 0 Å². The van der Waals surface area contributed by atoms with Gasteiger partial charge in [-0.25, -0.2) is 9.98 Å². The van der Waals surface area contributed by atoms with E-state index in [1.807, 2.05) is 0 Å². The van der Waals surface area contributed by atoms with Crippen molar-refractivity contribution >= 4 is 39.4 Å². The fourth-order valence-electron chi connectivity index (χ4n) is 9.69. The van der Waals surface area contributed by atoms with E-state index in [2.05, 4.69) is 166 Å². The number of allylic oxidation sites excluding steroid dienone is 5. The number of hydrogen-bond donors (Lipinski definition) is 0. The van der Waals surface area contributed by atoms with Crippen molar-refractivity contribution in [1.29, 1.82) is 0 Å². The van der Waals surface area contributed by atoms with Crippen LogP contribution in [-0.2, 0) is 0 Å². The second kappa shape index (κ2) is 11.1. The van der Waals surface area contributed by atoms with Crippen molar-refractivity contribution in [3.63, 3.8) is 0 Å². The SMILES string of the molecule is CC1(C)CCC(C)(C)C2C1=CC=C1C2c2ccccc2N1c1ccc(C2=NC(c3ccccc3)=C3CC3C(c3ccccc3)=N2)c2ccccc12. The minimum Gasteiger partial charge on any atom is -0.313 e. The maximum atomic E-state index is 5.46. The summed E-state index contributed by atoms with van der Waals surface area (Å²) in [4.78, 5) is 13.5. The second-order valence-electron chi connectivity index (χ2n) is 16.4. The quantitative estimate of drug-likeness (QED) is 0.188. The number of nitrogens with zero attached hydrogens (tertiary/aromatic N) is 3. The molecule has 0 saturated heterocycles. The zero-order valence-corrected chi connectivity index (χ0v) is 29.9. The van der Waals surface area contributed by atoms with Gasteiger partial charge in [-0.15, -0.1) is 0 Å². The molecule has 3 atom stereocenters. The van der Waals surface area contributed by atoms with Crippen LogP contribution in [0.1, 0.15) is 75.1 Å². The minimum atomic E-state index is 0.200. The molecular formula is C48H43N3. The zero-order chi connectivity index (χ0) is 34.5. The molecule has 3 unspecified atom stereocenters. The molecule has 3 nitrogen and oxygen atoms in total. The molecule has 2 heterocycles. The first-order chi connectivity index (χ1) is 24.8. The molecule has 10 rings (SSSR count). The molecular weight excluding hydrogens is 619 g/mol. The molecule has 3 heteroatoms. The number of rotatable bonds is 4. The Morgan fingerprint density at radius 1 is 0.627 bits per heavy atom. The maximum Gasteiger partial charge on any atom is 0.160 e. The van der Waals surface area contributed by atoms with Crippen LogP contribution >= 0.6 is 0 Å². The van der Waals surface area contributed by atoms with E-state index in [1.54, 1.807) is 5.57 Å². The van der Waals surface area contributed by atoms with Crippen LogP contribution in [0.15, 0.2) is 160 Å². The van der Waals surface area contributed by atoms with Gasteiger partial charge in [0.2, 0.25) is 0 Å². The van der Waals surface area contributed by atoms with Crippen LogP contribution in [0.4, 0.5) is 11.4 Å². The van der Waals surface area contributed by atoms with E-state index in [1.165, 1.54) is 57.4 Å². The summed E-state index contributed by atoms with van der Waals surface area (Å²) < 4.78 is 0. The normalized spacial score (nSPS) is 23.9. The molecule has 5 aromatic rings. The van der Waals surface area contributed by atoms with Gasteiger partial charge in [0, 0.05) is 39.7 Å². The Kier molecular flexibility index (Phi) is 6.65. The molecule has 5 aromatic carbocycles. The third kappa shape index (κ3) is 4.70. The average Bonchev–Trinajstić information content (AvgIpc) is 3.90. The summed E-state index contributed by atoms with van der Waals surface area (Å²) in [5.74, 6) is 1.85. The molecule has 0 aromatic heterocycles. The highest BCUT2D eigenvalue weighted by Gasteiger charge is 2.53. The highest BCUT2D eigenvalue weighted by molar-refractivity contribution is 6.22. The van der Waals surface area contributed by atoms with E-state index in [-0.39, 0.29) is 16.7 Å². The van der Waals surface area contributed by atoms with Crippen molar-refractivity contribution < 1.29 is 0 Å². The van der Waals surface area contributed by atoms with Gasteiger partial charge in [0.15, 0.2) is 5.84 Å². The standard InChI is InChI=1S/C48H43N3/c1-47(2)27-28-48(3,4)43-38(47)24-26-41-42(43)35-21-13-14-22-39(35)51(41)40-25-23-34(32-19-11-12-20-33(32)40)46-49-44(30-15-7-5-8-16-30)36-29-37(36)45(50-46)31-17-9-6-10-18-31/h5-26,36,42-43H,27-29H2,1-4H3. The van der Waals surface area contributed by atoms with E-state index < -0.39 is 0 Å². The molecule has 250 valence electrons. The molecule has 2 aliphatic heterocycles. The van der Waals surface area contributed by atoms with Crippen LogP contribution in [0.2, 0.25) is 0 Å². The van der Waals surface area contributed by atoms with E-state index in [4.69, 9.17) is 9.98 Å². The van der Waals surface area contributed by atoms with Gasteiger partial charge in [-0.2, -0.15) is 0 Å². The number of anilines is 2. The highest BCUT2D eigenvalue weighted by atomic mass is 15.2. The molecule has 2 saturated carbocycles. The van der Waals surface area contributed by atoms with Gasteiger partial charge < -0.3 is 4.90 Å². The van der Waals surface area contributed by atoms with Crippen molar-refractivity contribution in [1.82, 2.24) is 0 Å². The molecule has 0 spiro atoms. The lowest BCUT2D eigenvalue weighted by molar-refractivity contribution is 0.110. The van der Waals surface area contributed by atoms with E-state index in [0.29, 0.717) is 11.8 Å². The summed E-state index contributed by atoms with van der Waals surface area (Å²) >= 11 is 0. The Balaban J connectivity index is 1.16. The summed E-state index contributed by atoms with van der Waals surface area (Å²) in [6, 6.07) is 44.0. The van der Waals surface area contributed by atoms with Gasteiger partial charge in [-0.3, -0.25) is 0 Å². The smallest absolute Gasteiger partial charge is 0.160 e. The van der Waals surface area contributed by atoms with Crippen LogP contribution in [0.3, 0.4) is 0 Å². The van der Waals surface area contributed by atoms with Gasteiger partial charge >= 0.3 is 0 Å². The number of amidine groups is 1. The molecule has 51 heavy (non-hydrogen) atoms. The third-order valence-electron chi connectivity index (χ3n) is 12.5. The molecule has 0 N–H and O–H groups in total. The van der Waals surface area contributed by atoms with Crippen molar-refractivity contribution in [2.45, 2.75) is 52.9 Å². The lowest BCUT2D eigenvalue weighted by Gasteiger charge is -2.52. The molecule has 0 amide bonds. The Morgan fingerprint density at radius 3 is 2.10 bits per heavy atom. The predicted octanol–water partition coefficient (Wildman–Crippen LogP) is 12.0. The van der Waals surface area contributed by atoms with E-state index >= 15 is 0 Å². The van der Waals surface area contributed by atoms with Crippen molar-refractivity contribution in [2.24, 2.45) is 32.7 Å². The van der Waals surface area contributed by atoms with Gasteiger partial charge in [-0.1, -0.05) is 142 Å². The molecule has 2 fully saturated rings. The lowest BCUT2D eigenvalue weighted by Crippen LogP contribution is -2.43. The van der Waals surface area contributed by atoms with Crippen molar-refractivity contribution in [3.8, 4) is 0 Å². The summed E-state index contributed by atoms with van der Waals surface area (Å²) in [5, 5.41) is 2.39. The first kappa shape index (κ1) is 30.5. The number of para-hydroxylation sites is 1. The third-order valence-corrected chi connectivity index (χ3v) is 12.5. The number of aliphatic imine (C=N–C) groups is 2. The first-order valence-corrected chi connectivity index (χ1v) is 18.6. The average molecular weight is 662 g/mol. The highest BCUT2D eigenvalue weighted by Crippen LogP contribution is 2.64. The number of fused-ring (bicyclic) bond motifs is 7. The Hall–Kier alpha value is -5.28. The summed E-state index contributed by atoms with van der Waals surface area (Å²) in [7, 11) is 0. The summed E-state index contributed by atoms with van der Waals surface area (Å²) in [5.41, 5.74) is 14.3. The maximum absolute atomic E-state index is 5.46. The lowest BCUT2D eigenvalue weighted by atomic mass is 9.52. The van der Waals surface area contributed by atoms with Crippen LogP contribution in [0, 0.1) is 22.7 Å². The summed E-state index contributed by atoms with van der Waals surface area (Å²) in [6.45, 7) is 9.91. The van der Waals surface area contributed by atoms with E-state index in [9.17, 15) is 0 Å². The predicted molar refractivity (Wildman–Crippen MR) is 213 cm³/mol. The molecule has 3 aliphatic carbocycles. The van der Waals surface area contributed by atoms with Gasteiger partial charge in [0.25, 0.3) is 0 Å². The largest absolute Gasteiger partial charge is 0.313 e. The van der Waals surface area contributed by atoms with Crippen molar-refractivity contribution in [3.05, 3.63) is 173 Å². The fraction of sp³-hybridized carbons (Fsp3) is 0.250. The number of hydrogen-bond acceptors (Lipinski definition) is 3. The topological polar surface area (TPSA) is 28.0 Å². The van der Waals surface area contributed by atoms with Crippen LogP contribution in [0.25, 0.3) is 16.5 Å². The van der Waals surface area contributed by atoms with E-state index in [0.717, 1.165) is 34.8 Å². The molecule has 0 bridgehead atoms. The monoisotopic (exact) mass is 661 g/mol. The van der Waals surface area contributed by atoms with Crippen molar-refractivity contribution in [2.75, 3.05) is 4.90 Å².